The van der Waals surface area contributed by atoms with E-state index >= 15 is 0 Å². The highest BCUT2D eigenvalue weighted by molar-refractivity contribution is 5.92. The summed E-state index contributed by atoms with van der Waals surface area (Å²) < 4.78 is 0. The van der Waals surface area contributed by atoms with Gasteiger partial charge in [-0.05, 0) is 24.3 Å². The molecule has 1 rings (SSSR count). The second-order valence-corrected chi connectivity index (χ2v) is 7.07. The number of nitrogens with one attached hydrogen (secondary N) is 2. The highest BCUT2D eigenvalue weighted by Gasteiger charge is 2.30. The number of hydrogen-bond donors (Lipinski definition) is 5. The fraction of sp³-hybridized carbons (Fsp3) is 0.500. The van der Waals surface area contributed by atoms with Crippen molar-refractivity contribution in [1.82, 2.24) is 10.6 Å². The van der Waals surface area contributed by atoms with Gasteiger partial charge in [-0.3, -0.25) is 14.4 Å². The summed E-state index contributed by atoms with van der Waals surface area (Å²) in [6.45, 7) is 3.51. The molecule has 9 nitrogen and oxygen atoms in total. The van der Waals surface area contributed by atoms with Crippen molar-refractivity contribution in [3.8, 4) is 0 Å². The van der Waals surface area contributed by atoms with E-state index in [9.17, 15) is 24.3 Å². The number of hydrogen-bond acceptors (Lipinski definition) is 5. The molecule has 0 heterocycles. The number of aliphatic carboxylic acids is 1. The Morgan fingerprint density at radius 3 is 2.21 bits per heavy atom. The molecule has 160 valence electrons. The van der Waals surface area contributed by atoms with Gasteiger partial charge in [0.25, 0.3) is 0 Å². The molecule has 0 aliphatic rings. The van der Waals surface area contributed by atoms with Crippen LogP contribution in [0.2, 0.25) is 0 Å². The number of benzene rings is 1. The van der Waals surface area contributed by atoms with Crippen LogP contribution in [-0.4, -0.2) is 46.9 Å². The zero-order valence-corrected chi connectivity index (χ0v) is 16.8. The van der Waals surface area contributed by atoms with Crippen LogP contribution in [0.3, 0.4) is 0 Å². The van der Waals surface area contributed by atoms with Crippen molar-refractivity contribution >= 4 is 23.7 Å². The maximum Gasteiger partial charge on any atom is 0.326 e. The summed E-state index contributed by atoms with van der Waals surface area (Å²) in [7, 11) is 0. The fourth-order valence-electron chi connectivity index (χ4n) is 2.73. The molecule has 29 heavy (non-hydrogen) atoms. The predicted molar refractivity (Wildman–Crippen MR) is 108 cm³/mol. The second kappa shape index (κ2) is 11.8. The topological polar surface area (TPSA) is 165 Å². The Balaban J connectivity index is 2.84. The minimum absolute atomic E-state index is 0.0577. The third-order valence-corrected chi connectivity index (χ3v) is 4.72. The molecule has 1 aromatic rings. The molecule has 0 radical (unpaired) electrons. The SMILES string of the molecule is CCC(C)C(NC(=O)C(CCC(N)=O)NC(=O)C(N)Cc1ccccc1)C(=O)O. The minimum Gasteiger partial charge on any atom is -0.480 e. The molecule has 0 aromatic heterocycles. The molecule has 0 fully saturated rings. The Morgan fingerprint density at radius 1 is 1.07 bits per heavy atom. The third kappa shape index (κ3) is 8.30. The van der Waals surface area contributed by atoms with Crippen molar-refractivity contribution in [2.24, 2.45) is 17.4 Å². The van der Waals surface area contributed by atoms with Crippen molar-refractivity contribution in [3.05, 3.63) is 35.9 Å². The third-order valence-electron chi connectivity index (χ3n) is 4.72. The van der Waals surface area contributed by atoms with Gasteiger partial charge in [-0.2, -0.15) is 0 Å². The summed E-state index contributed by atoms with van der Waals surface area (Å²) in [6, 6.07) is 6.00. The molecule has 4 atom stereocenters. The highest BCUT2D eigenvalue weighted by Crippen LogP contribution is 2.09. The highest BCUT2D eigenvalue weighted by atomic mass is 16.4. The smallest absolute Gasteiger partial charge is 0.326 e. The number of primary amides is 1. The largest absolute Gasteiger partial charge is 0.480 e. The molecule has 1 aromatic carbocycles. The molecule has 0 saturated carbocycles. The summed E-state index contributed by atoms with van der Waals surface area (Å²) in [5.41, 5.74) is 12.0. The van der Waals surface area contributed by atoms with E-state index in [2.05, 4.69) is 10.6 Å². The molecule has 0 spiro atoms. The molecular formula is C20H30N4O5. The summed E-state index contributed by atoms with van der Waals surface area (Å²) in [4.78, 5) is 47.7. The van der Waals surface area contributed by atoms with Gasteiger partial charge in [0.05, 0.1) is 6.04 Å². The summed E-state index contributed by atoms with van der Waals surface area (Å²) >= 11 is 0. The van der Waals surface area contributed by atoms with E-state index in [0.29, 0.717) is 6.42 Å². The van der Waals surface area contributed by atoms with E-state index in [1.807, 2.05) is 37.3 Å². The Labute approximate surface area is 170 Å². The number of nitrogens with two attached hydrogens (primary N) is 2. The molecule has 9 heteroatoms. The lowest BCUT2D eigenvalue weighted by molar-refractivity contribution is -0.144. The Bertz CT molecular complexity index is 710. The average molecular weight is 406 g/mol. The lowest BCUT2D eigenvalue weighted by Gasteiger charge is -2.25. The first-order valence-corrected chi connectivity index (χ1v) is 9.57. The van der Waals surface area contributed by atoms with E-state index in [4.69, 9.17) is 11.5 Å². The van der Waals surface area contributed by atoms with E-state index in [0.717, 1.165) is 5.56 Å². The van der Waals surface area contributed by atoms with Gasteiger partial charge in [-0.25, -0.2) is 4.79 Å². The van der Waals surface area contributed by atoms with Crippen molar-refractivity contribution in [1.29, 1.82) is 0 Å². The molecular weight excluding hydrogens is 376 g/mol. The minimum atomic E-state index is -1.17. The van der Waals surface area contributed by atoms with Gasteiger partial charge in [-0.1, -0.05) is 50.6 Å². The molecule has 0 saturated heterocycles. The lowest BCUT2D eigenvalue weighted by atomic mass is 9.98. The van der Waals surface area contributed by atoms with Crippen LogP contribution in [0.4, 0.5) is 0 Å². The van der Waals surface area contributed by atoms with Crippen molar-refractivity contribution in [3.63, 3.8) is 0 Å². The van der Waals surface area contributed by atoms with Crippen LogP contribution in [0, 0.1) is 5.92 Å². The Kier molecular flexibility index (Phi) is 9.81. The van der Waals surface area contributed by atoms with E-state index < -0.39 is 41.8 Å². The maximum absolute atomic E-state index is 12.6. The first-order valence-electron chi connectivity index (χ1n) is 9.57. The van der Waals surface area contributed by atoms with Crippen LogP contribution in [0.15, 0.2) is 30.3 Å². The van der Waals surface area contributed by atoms with Gasteiger partial charge in [0.2, 0.25) is 17.7 Å². The van der Waals surface area contributed by atoms with Gasteiger partial charge in [0.15, 0.2) is 0 Å². The molecule has 4 unspecified atom stereocenters. The first-order chi connectivity index (χ1) is 13.6. The van der Waals surface area contributed by atoms with Crippen LogP contribution >= 0.6 is 0 Å². The van der Waals surface area contributed by atoms with Crippen LogP contribution < -0.4 is 22.1 Å². The number of carbonyl (C=O) groups excluding carboxylic acids is 3. The number of carboxylic acids is 1. The van der Waals surface area contributed by atoms with Crippen LogP contribution in [0.1, 0.15) is 38.7 Å². The number of rotatable bonds is 12. The van der Waals surface area contributed by atoms with E-state index in [-0.39, 0.29) is 25.2 Å². The van der Waals surface area contributed by atoms with Crippen LogP contribution in [0.25, 0.3) is 0 Å². The van der Waals surface area contributed by atoms with Crippen molar-refractivity contribution in [2.45, 2.75) is 57.7 Å². The lowest BCUT2D eigenvalue weighted by Crippen LogP contribution is -2.56. The molecule has 0 aliphatic heterocycles. The van der Waals surface area contributed by atoms with Crippen molar-refractivity contribution < 1.29 is 24.3 Å². The van der Waals surface area contributed by atoms with Gasteiger partial charge in [-0.15, -0.1) is 0 Å². The number of carboxylic acid groups (broad SMARTS) is 1. The zero-order chi connectivity index (χ0) is 22.0. The fourth-order valence-corrected chi connectivity index (χ4v) is 2.73. The van der Waals surface area contributed by atoms with Gasteiger partial charge in [0, 0.05) is 6.42 Å². The predicted octanol–water partition coefficient (Wildman–Crippen LogP) is -0.0778. The van der Waals surface area contributed by atoms with Crippen LogP contribution in [-0.2, 0) is 25.6 Å². The molecule has 0 bridgehead atoms. The quantitative estimate of drug-likeness (QED) is 0.326. The zero-order valence-electron chi connectivity index (χ0n) is 16.8. The molecule has 0 aliphatic carbocycles. The average Bonchev–Trinajstić information content (AvgIpc) is 2.68. The maximum atomic E-state index is 12.6. The second-order valence-electron chi connectivity index (χ2n) is 7.07. The molecule has 7 N–H and O–H groups in total. The number of amides is 3. The Hall–Kier alpha value is -2.94. The summed E-state index contributed by atoms with van der Waals surface area (Å²) in [5.74, 6) is -3.40. The van der Waals surface area contributed by atoms with Gasteiger partial charge < -0.3 is 27.2 Å². The first kappa shape index (κ1) is 24.1. The monoisotopic (exact) mass is 406 g/mol. The summed E-state index contributed by atoms with van der Waals surface area (Å²) in [6.07, 6.45) is 0.601. The van der Waals surface area contributed by atoms with Gasteiger partial charge in [0.1, 0.15) is 12.1 Å². The van der Waals surface area contributed by atoms with Crippen molar-refractivity contribution in [2.75, 3.05) is 0 Å². The summed E-state index contributed by atoms with van der Waals surface area (Å²) in [5, 5.41) is 14.3. The van der Waals surface area contributed by atoms with Gasteiger partial charge >= 0.3 is 5.97 Å². The van der Waals surface area contributed by atoms with Crippen LogP contribution in [0.5, 0.6) is 0 Å². The van der Waals surface area contributed by atoms with E-state index in [1.54, 1.807) is 6.92 Å². The Morgan fingerprint density at radius 2 is 1.69 bits per heavy atom. The molecule has 3 amide bonds. The number of carbonyl (C=O) groups is 4. The standard InChI is InChI=1S/C20H30N4O5/c1-3-12(2)17(20(28)29)24-19(27)15(9-10-16(22)25)23-18(26)14(21)11-13-7-5-4-6-8-13/h4-8,12,14-15,17H,3,9-11,21H2,1-2H3,(H2,22,25)(H,23,26)(H,24,27)(H,28,29). The normalized spacial score (nSPS) is 14.9. The van der Waals surface area contributed by atoms with E-state index in [1.165, 1.54) is 0 Å².